The summed E-state index contributed by atoms with van der Waals surface area (Å²) in [5, 5.41) is 8.94. The molecule has 0 amide bonds. The minimum Gasteiger partial charge on any atom is -0.478 e. The van der Waals surface area contributed by atoms with Crippen molar-refractivity contribution in [2.24, 2.45) is 5.41 Å². The molecule has 80 valence electrons. The summed E-state index contributed by atoms with van der Waals surface area (Å²) in [5.74, 6) is -0.769. The highest BCUT2D eigenvalue weighted by molar-refractivity contribution is 5.86. The summed E-state index contributed by atoms with van der Waals surface area (Å²) in [5.41, 5.74) is 1.75. The van der Waals surface area contributed by atoms with Gasteiger partial charge in [0.25, 0.3) is 0 Å². The van der Waals surface area contributed by atoms with Gasteiger partial charge < -0.3 is 5.11 Å². The number of hydrogen-bond acceptors (Lipinski definition) is 1. The van der Waals surface area contributed by atoms with E-state index in [0.29, 0.717) is 5.57 Å². The average molecular weight is 196 g/mol. The summed E-state index contributed by atoms with van der Waals surface area (Å²) in [6.07, 6.45) is 6.06. The van der Waals surface area contributed by atoms with E-state index in [9.17, 15) is 4.79 Å². The molecule has 0 unspecified atom stereocenters. The molecule has 0 spiro atoms. The molecule has 0 bridgehead atoms. The molecule has 0 atom stereocenters. The zero-order chi connectivity index (χ0) is 10.8. The molecule has 2 heteroatoms. The molecular formula is C12H20O2. The van der Waals surface area contributed by atoms with Crippen LogP contribution in [0.3, 0.4) is 0 Å². The van der Waals surface area contributed by atoms with E-state index in [1.807, 2.05) is 6.92 Å². The topological polar surface area (TPSA) is 37.3 Å². The van der Waals surface area contributed by atoms with Crippen molar-refractivity contribution in [1.82, 2.24) is 0 Å². The predicted octanol–water partition coefficient (Wildman–Crippen LogP) is 3.38. The third-order valence-corrected chi connectivity index (χ3v) is 3.75. The second kappa shape index (κ2) is 4.16. The van der Waals surface area contributed by atoms with E-state index in [-0.39, 0.29) is 5.41 Å². The maximum atomic E-state index is 10.9. The first-order valence-corrected chi connectivity index (χ1v) is 5.38. The molecule has 14 heavy (non-hydrogen) atoms. The van der Waals surface area contributed by atoms with Crippen molar-refractivity contribution in [3.8, 4) is 0 Å². The Balaban J connectivity index is 2.90. The molecule has 0 aromatic carbocycles. The molecule has 0 aliphatic heterocycles. The Labute approximate surface area is 86.0 Å². The first kappa shape index (κ1) is 11.3. The molecule has 0 heterocycles. The number of aliphatic carboxylic acids is 1. The van der Waals surface area contributed by atoms with E-state index in [1.165, 1.54) is 19.3 Å². The van der Waals surface area contributed by atoms with Gasteiger partial charge in [-0.15, -0.1) is 0 Å². The van der Waals surface area contributed by atoms with Crippen molar-refractivity contribution >= 4 is 5.97 Å². The largest absolute Gasteiger partial charge is 0.478 e. The molecule has 1 N–H and O–H groups in total. The van der Waals surface area contributed by atoms with Crippen LogP contribution in [0.25, 0.3) is 0 Å². The maximum Gasteiger partial charge on any atom is 0.331 e. The Hall–Kier alpha value is -0.790. The molecule has 1 rings (SSSR count). The predicted molar refractivity (Wildman–Crippen MR) is 57.2 cm³/mol. The summed E-state index contributed by atoms with van der Waals surface area (Å²) < 4.78 is 0. The molecule has 0 radical (unpaired) electrons. The van der Waals surface area contributed by atoms with Crippen molar-refractivity contribution in [3.63, 3.8) is 0 Å². The highest BCUT2D eigenvalue weighted by atomic mass is 16.4. The second-order valence-corrected chi connectivity index (χ2v) is 4.68. The molecule has 1 aliphatic carbocycles. The molecule has 0 aromatic rings. The highest BCUT2D eigenvalue weighted by Crippen LogP contribution is 2.42. The molecule has 2 nitrogen and oxygen atoms in total. The summed E-state index contributed by atoms with van der Waals surface area (Å²) in [6, 6.07) is 0. The lowest BCUT2D eigenvalue weighted by atomic mass is 9.70. The Morgan fingerprint density at radius 1 is 1.14 bits per heavy atom. The molecule has 0 saturated heterocycles. The minimum absolute atomic E-state index is 0.140. The van der Waals surface area contributed by atoms with Gasteiger partial charge in [-0.05, 0) is 32.1 Å². The zero-order valence-electron chi connectivity index (χ0n) is 9.39. The van der Waals surface area contributed by atoms with E-state index in [1.54, 1.807) is 6.92 Å². The van der Waals surface area contributed by atoms with Gasteiger partial charge in [-0.1, -0.05) is 31.8 Å². The molecule has 1 saturated carbocycles. The van der Waals surface area contributed by atoms with Gasteiger partial charge in [0, 0.05) is 5.57 Å². The van der Waals surface area contributed by atoms with Gasteiger partial charge in [0.2, 0.25) is 0 Å². The first-order chi connectivity index (χ1) is 6.47. The van der Waals surface area contributed by atoms with Gasteiger partial charge in [-0.25, -0.2) is 4.79 Å². The lowest BCUT2D eigenvalue weighted by Crippen LogP contribution is -2.23. The van der Waals surface area contributed by atoms with Crippen LogP contribution in [0.1, 0.15) is 52.9 Å². The lowest BCUT2D eigenvalue weighted by Gasteiger charge is -2.35. The molecule has 1 fully saturated rings. The Morgan fingerprint density at radius 3 is 2.07 bits per heavy atom. The minimum atomic E-state index is -0.769. The van der Waals surface area contributed by atoms with Crippen molar-refractivity contribution in [2.45, 2.75) is 52.9 Å². The van der Waals surface area contributed by atoms with Crippen LogP contribution >= 0.6 is 0 Å². The Morgan fingerprint density at radius 2 is 1.64 bits per heavy atom. The third-order valence-electron chi connectivity index (χ3n) is 3.75. The normalized spacial score (nSPS) is 22.8. The number of carboxylic acid groups (broad SMARTS) is 1. The van der Waals surface area contributed by atoms with Crippen LogP contribution in [0.5, 0.6) is 0 Å². The van der Waals surface area contributed by atoms with E-state index in [2.05, 4.69) is 6.92 Å². The summed E-state index contributed by atoms with van der Waals surface area (Å²) in [6.45, 7) is 5.90. The number of carbonyl (C=O) groups is 1. The van der Waals surface area contributed by atoms with Gasteiger partial charge in [0.15, 0.2) is 0 Å². The summed E-state index contributed by atoms with van der Waals surface area (Å²) >= 11 is 0. The fourth-order valence-corrected chi connectivity index (χ4v) is 2.32. The SMILES string of the molecule is CC(C(=O)O)=C(C)C1(C)CCCCC1. The van der Waals surface area contributed by atoms with E-state index in [4.69, 9.17) is 5.11 Å². The van der Waals surface area contributed by atoms with Crippen molar-refractivity contribution < 1.29 is 9.90 Å². The van der Waals surface area contributed by atoms with E-state index in [0.717, 1.165) is 18.4 Å². The average Bonchev–Trinajstić information content (AvgIpc) is 2.16. The third kappa shape index (κ3) is 2.17. The summed E-state index contributed by atoms with van der Waals surface area (Å²) in [7, 11) is 0. The Bertz CT molecular complexity index is 257. The monoisotopic (exact) mass is 196 g/mol. The highest BCUT2D eigenvalue weighted by Gasteiger charge is 2.30. The van der Waals surface area contributed by atoms with Gasteiger partial charge in [0.1, 0.15) is 0 Å². The van der Waals surface area contributed by atoms with Gasteiger partial charge in [-0.2, -0.15) is 0 Å². The summed E-state index contributed by atoms with van der Waals surface area (Å²) in [4.78, 5) is 10.9. The van der Waals surface area contributed by atoms with Crippen molar-refractivity contribution in [3.05, 3.63) is 11.1 Å². The standard InChI is InChI=1S/C12H20O2/c1-9(11(13)14)10(2)12(3)7-5-4-6-8-12/h4-8H2,1-3H3,(H,13,14). The van der Waals surface area contributed by atoms with Crippen LogP contribution < -0.4 is 0 Å². The van der Waals surface area contributed by atoms with E-state index < -0.39 is 5.97 Å². The number of hydrogen-bond donors (Lipinski definition) is 1. The van der Waals surface area contributed by atoms with E-state index >= 15 is 0 Å². The molecule has 0 aromatic heterocycles. The van der Waals surface area contributed by atoms with Crippen molar-refractivity contribution in [1.29, 1.82) is 0 Å². The maximum absolute atomic E-state index is 10.9. The number of allylic oxidation sites excluding steroid dienone is 1. The smallest absolute Gasteiger partial charge is 0.331 e. The Kier molecular flexibility index (Phi) is 3.35. The van der Waals surface area contributed by atoms with Crippen LogP contribution in [0.15, 0.2) is 11.1 Å². The van der Waals surface area contributed by atoms with Crippen LogP contribution in [0, 0.1) is 5.41 Å². The quantitative estimate of drug-likeness (QED) is 0.687. The lowest BCUT2D eigenvalue weighted by molar-refractivity contribution is -0.132. The fourth-order valence-electron chi connectivity index (χ4n) is 2.32. The van der Waals surface area contributed by atoms with Crippen molar-refractivity contribution in [2.75, 3.05) is 0 Å². The first-order valence-electron chi connectivity index (χ1n) is 5.38. The molecular weight excluding hydrogens is 176 g/mol. The molecule has 1 aliphatic rings. The zero-order valence-corrected chi connectivity index (χ0v) is 9.39. The van der Waals surface area contributed by atoms with Gasteiger partial charge >= 0.3 is 5.97 Å². The number of rotatable bonds is 2. The van der Waals surface area contributed by atoms with Crippen LogP contribution in [0.2, 0.25) is 0 Å². The van der Waals surface area contributed by atoms with Gasteiger partial charge in [0.05, 0.1) is 0 Å². The fraction of sp³-hybridized carbons (Fsp3) is 0.750. The van der Waals surface area contributed by atoms with Gasteiger partial charge in [-0.3, -0.25) is 0 Å². The van der Waals surface area contributed by atoms with Crippen LogP contribution in [-0.4, -0.2) is 11.1 Å². The number of carboxylic acids is 1. The second-order valence-electron chi connectivity index (χ2n) is 4.68. The van der Waals surface area contributed by atoms with Crippen LogP contribution in [0.4, 0.5) is 0 Å². The van der Waals surface area contributed by atoms with Crippen LogP contribution in [-0.2, 0) is 4.79 Å².